The van der Waals surface area contributed by atoms with Gasteiger partial charge < -0.3 is 21.3 Å². The van der Waals surface area contributed by atoms with E-state index in [2.05, 4.69) is 5.32 Å². The van der Waals surface area contributed by atoms with Gasteiger partial charge in [-0.2, -0.15) is 0 Å². The molecular weight excluding hydrogens is 315 g/mol. The number of hydrogen-bond donors (Lipinski definition) is 4. The molecule has 6 nitrogen and oxygen atoms in total. The zero-order valence-electron chi connectivity index (χ0n) is 13.7. The lowest BCUT2D eigenvalue weighted by atomic mass is 9.83. The molecule has 1 aliphatic rings. The number of nitrogens with one attached hydrogen (secondary N) is 1. The summed E-state index contributed by atoms with van der Waals surface area (Å²) in [6.45, 7) is 1.57. The van der Waals surface area contributed by atoms with Crippen LogP contribution in [0.25, 0.3) is 0 Å². The molecule has 1 aromatic carbocycles. The van der Waals surface area contributed by atoms with E-state index in [1.54, 1.807) is 6.07 Å². The predicted octanol–water partition coefficient (Wildman–Crippen LogP) is 1.06. The van der Waals surface area contributed by atoms with E-state index in [1.165, 1.54) is 12.1 Å². The highest BCUT2D eigenvalue weighted by Crippen LogP contribution is 2.23. The number of carboxylic acid groups (broad SMARTS) is 1. The monoisotopic (exact) mass is 340 g/mol. The third-order valence-corrected chi connectivity index (χ3v) is 3.83. The van der Waals surface area contributed by atoms with E-state index in [0.29, 0.717) is 32.2 Å². The number of benzene rings is 1. The minimum atomic E-state index is -0.833. The minimum Gasteiger partial charge on any atom is -0.481 e. The number of aliphatic hydroxyl groups excluding tert-OH is 1. The number of carboxylic acids is 1. The van der Waals surface area contributed by atoms with Crippen LogP contribution in [0.1, 0.15) is 31.7 Å². The van der Waals surface area contributed by atoms with Crippen LogP contribution in [0.5, 0.6) is 0 Å². The van der Waals surface area contributed by atoms with Crippen LogP contribution in [0.4, 0.5) is 4.39 Å². The van der Waals surface area contributed by atoms with Crippen LogP contribution >= 0.6 is 0 Å². The van der Waals surface area contributed by atoms with Crippen LogP contribution in [0.2, 0.25) is 0 Å². The summed E-state index contributed by atoms with van der Waals surface area (Å²) >= 11 is 0. The van der Waals surface area contributed by atoms with Crippen molar-refractivity contribution in [1.82, 2.24) is 5.32 Å². The molecule has 1 amide bonds. The molecule has 0 aromatic heterocycles. The molecular formula is C17H25FN2O4. The molecule has 2 rings (SSSR count). The lowest BCUT2D eigenvalue weighted by Gasteiger charge is -2.30. The van der Waals surface area contributed by atoms with Gasteiger partial charge in [0.1, 0.15) is 5.82 Å². The summed E-state index contributed by atoms with van der Waals surface area (Å²) in [4.78, 5) is 21.0. The molecule has 24 heavy (non-hydrogen) atoms. The maximum absolute atomic E-state index is 13.0. The molecule has 5 N–H and O–H groups in total. The van der Waals surface area contributed by atoms with Crippen LogP contribution in [-0.2, 0) is 16.0 Å². The summed E-state index contributed by atoms with van der Waals surface area (Å²) < 4.78 is 13.0. The second-order valence-corrected chi connectivity index (χ2v) is 5.93. The van der Waals surface area contributed by atoms with Gasteiger partial charge in [0.05, 0.1) is 6.10 Å². The van der Waals surface area contributed by atoms with E-state index < -0.39 is 12.1 Å². The molecule has 0 radical (unpaired) electrons. The normalized spacial score (nSPS) is 22.9. The quantitative estimate of drug-likeness (QED) is 0.655. The van der Waals surface area contributed by atoms with Crippen molar-refractivity contribution >= 4 is 11.9 Å². The summed E-state index contributed by atoms with van der Waals surface area (Å²) in [5.74, 6) is -1.24. The molecule has 0 heterocycles. The Hall–Kier alpha value is -1.99. The van der Waals surface area contributed by atoms with E-state index >= 15 is 0 Å². The first-order valence-electron chi connectivity index (χ1n) is 7.95. The van der Waals surface area contributed by atoms with Crippen molar-refractivity contribution in [1.29, 1.82) is 0 Å². The SMILES string of the molecule is CC(=O)O.N[C@@H]1C[C@@H](C(=O)NCCc2cccc(F)c2)CC[C@H]1O. The Balaban J connectivity index is 0.000000648. The van der Waals surface area contributed by atoms with Crippen molar-refractivity contribution in [3.63, 3.8) is 0 Å². The smallest absolute Gasteiger partial charge is 0.300 e. The van der Waals surface area contributed by atoms with Gasteiger partial charge in [0, 0.05) is 25.4 Å². The lowest BCUT2D eigenvalue weighted by Crippen LogP contribution is -2.45. The summed E-state index contributed by atoms with van der Waals surface area (Å²) in [6.07, 6.45) is 1.87. The highest BCUT2D eigenvalue weighted by molar-refractivity contribution is 5.78. The molecule has 7 heteroatoms. The first kappa shape index (κ1) is 20.1. The summed E-state index contributed by atoms with van der Waals surface area (Å²) in [6, 6.07) is 6.05. The maximum atomic E-state index is 13.0. The molecule has 0 saturated heterocycles. The Kier molecular flexibility index (Phi) is 8.35. The number of hydrogen-bond acceptors (Lipinski definition) is 4. The number of amides is 1. The van der Waals surface area contributed by atoms with E-state index in [9.17, 15) is 14.3 Å². The van der Waals surface area contributed by atoms with Gasteiger partial charge in [-0.05, 0) is 43.4 Å². The second-order valence-electron chi connectivity index (χ2n) is 5.93. The Labute approximate surface area is 140 Å². The second kappa shape index (κ2) is 10.00. The van der Waals surface area contributed by atoms with Crippen LogP contribution < -0.4 is 11.1 Å². The van der Waals surface area contributed by atoms with Gasteiger partial charge in [0.2, 0.25) is 5.91 Å². The van der Waals surface area contributed by atoms with Crippen molar-refractivity contribution in [3.05, 3.63) is 35.6 Å². The number of halogens is 1. The average Bonchev–Trinajstić information content (AvgIpc) is 2.49. The largest absolute Gasteiger partial charge is 0.481 e. The predicted molar refractivity (Wildman–Crippen MR) is 87.7 cm³/mol. The van der Waals surface area contributed by atoms with Crippen molar-refractivity contribution < 1.29 is 24.2 Å². The standard InChI is InChI=1S/C15H21FN2O2.C2H4O2/c16-12-3-1-2-10(8-12)6-7-18-15(20)11-4-5-14(19)13(17)9-11;1-2(3)4/h1-3,8,11,13-14,19H,4-7,9,17H2,(H,18,20);1H3,(H,3,4)/t11-,13+,14+;/m0./s1. The number of carbonyl (C=O) groups is 2. The van der Waals surface area contributed by atoms with Crippen LogP contribution in [-0.4, -0.2) is 40.8 Å². The number of rotatable bonds is 4. The topological polar surface area (TPSA) is 113 Å². The van der Waals surface area contributed by atoms with Gasteiger partial charge in [-0.15, -0.1) is 0 Å². The molecule has 3 atom stereocenters. The van der Waals surface area contributed by atoms with Gasteiger partial charge in [-0.1, -0.05) is 12.1 Å². The van der Waals surface area contributed by atoms with Crippen LogP contribution in [0.3, 0.4) is 0 Å². The lowest BCUT2D eigenvalue weighted by molar-refractivity contribution is -0.134. The zero-order chi connectivity index (χ0) is 18.1. The fourth-order valence-electron chi connectivity index (χ4n) is 2.59. The highest BCUT2D eigenvalue weighted by atomic mass is 19.1. The van der Waals surface area contributed by atoms with E-state index in [4.69, 9.17) is 15.6 Å². The van der Waals surface area contributed by atoms with E-state index in [0.717, 1.165) is 12.5 Å². The number of nitrogens with two attached hydrogens (primary N) is 1. The Bertz CT molecular complexity index is 549. The molecule has 1 aliphatic carbocycles. The van der Waals surface area contributed by atoms with E-state index in [-0.39, 0.29) is 23.7 Å². The third kappa shape index (κ3) is 7.52. The van der Waals surface area contributed by atoms with Gasteiger partial charge in [-0.25, -0.2) is 4.39 Å². The third-order valence-electron chi connectivity index (χ3n) is 3.83. The zero-order valence-corrected chi connectivity index (χ0v) is 13.7. The molecule has 0 aliphatic heterocycles. The Morgan fingerprint density at radius 1 is 1.38 bits per heavy atom. The van der Waals surface area contributed by atoms with E-state index in [1.807, 2.05) is 6.07 Å². The summed E-state index contributed by atoms with van der Waals surface area (Å²) in [7, 11) is 0. The Morgan fingerprint density at radius 2 is 2.04 bits per heavy atom. The van der Waals surface area contributed by atoms with Crippen LogP contribution in [0, 0.1) is 11.7 Å². The molecule has 1 aromatic rings. The number of aliphatic hydroxyl groups is 1. The molecule has 0 spiro atoms. The molecule has 0 unspecified atom stereocenters. The summed E-state index contributed by atoms with van der Waals surface area (Å²) in [5, 5.41) is 19.8. The first-order valence-corrected chi connectivity index (χ1v) is 7.95. The van der Waals surface area contributed by atoms with Gasteiger partial charge >= 0.3 is 0 Å². The molecule has 0 bridgehead atoms. The molecule has 134 valence electrons. The van der Waals surface area contributed by atoms with Gasteiger partial charge in [0.15, 0.2) is 0 Å². The average molecular weight is 340 g/mol. The van der Waals surface area contributed by atoms with Gasteiger partial charge in [-0.3, -0.25) is 9.59 Å². The molecule has 1 fully saturated rings. The van der Waals surface area contributed by atoms with Crippen LogP contribution in [0.15, 0.2) is 24.3 Å². The molecule has 1 saturated carbocycles. The number of aliphatic carboxylic acids is 1. The maximum Gasteiger partial charge on any atom is 0.300 e. The van der Waals surface area contributed by atoms with Crippen molar-refractivity contribution in [2.24, 2.45) is 11.7 Å². The fourth-order valence-corrected chi connectivity index (χ4v) is 2.59. The van der Waals surface area contributed by atoms with Crippen molar-refractivity contribution in [2.75, 3.05) is 6.54 Å². The van der Waals surface area contributed by atoms with Crippen molar-refractivity contribution in [3.8, 4) is 0 Å². The number of carbonyl (C=O) groups excluding carboxylic acids is 1. The minimum absolute atomic E-state index is 0.0243. The van der Waals surface area contributed by atoms with Crippen molar-refractivity contribution in [2.45, 2.75) is 44.8 Å². The Morgan fingerprint density at radius 3 is 2.62 bits per heavy atom. The highest BCUT2D eigenvalue weighted by Gasteiger charge is 2.30. The van der Waals surface area contributed by atoms with Gasteiger partial charge in [0.25, 0.3) is 5.97 Å². The fraction of sp³-hybridized carbons (Fsp3) is 0.529. The first-order chi connectivity index (χ1) is 11.3. The summed E-state index contributed by atoms with van der Waals surface area (Å²) in [5.41, 5.74) is 6.63.